The van der Waals surface area contributed by atoms with Gasteiger partial charge in [-0.3, -0.25) is 14.9 Å². The fourth-order valence-electron chi connectivity index (χ4n) is 2.54. The van der Waals surface area contributed by atoms with Crippen LogP contribution in [0.25, 0.3) is 11.5 Å². The molecule has 0 fully saturated rings. The first-order valence-corrected chi connectivity index (χ1v) is 9.56. The van der Waals surface area contributed by atoms with Gasteiger partial charge in [0.25, 0.3) is 10.9 Å². The number of nitro benzene ring substituents is 1. The van der Waals surface area contributed by atoms with Crippen LogP contribution in [0.3, 0.4) is 0 Å². The molecular weight excluding hydrogens is 399 g/mol. The zero-order chi connectivity index (χ0) is 21.0. The van der Waals surface area contributed by atoms with E-state index in [1.807, 2.05) is 0 Å². The molecule has 0 aliphatic carbocycles. The van der Waals surface area contributed by atoms with Crippen molar-refractivity contribution in [3.05, 3.63) is 70.0 Å². The van der Waals surface area contributed by atoms with Gasteiger partial charge in [-0.15, -0.1) is 10.2 Å². The van der Waals surface area contributed by atoms with Crippen LogP contribution in [0.4, 0.5) is 10.1 Å². The average Bonchev–Trinajstić information content (AvgIpc) is 3.20. The summed E-state index contributed by atoms with van der Waals surface area (Å²) >= 11 is 1.08. The first kappa shape index (κ1) is 20.5. The third kappa shape index (κ3) is 4.96. The highest BCUT2D eigenvalue weighted by molar-refractivity contribution is 7.99. The molecule has 0 bridgehead atoms. The van der Waals surface area contributed by atoms with Gasteiger partial charge in [-0.25, -0.2) is 4.39 Å². The lowest BCUT2D eigenvalue weighted by Gasteiger charge is -2.25. The molecular formula is C19H17FN4O4S. The number of benzene rings is 2. The Bertz CT molecular complexity index is 1030. The van der Waals surface area contributed by atoms with Crippen molar-refractivity contribution in [1.82, 2.24) is 15.1 Å². The summed E-state index contributed by atoms with van der Waals surface area (Å²) in [4.78, 5) is 24.5. The molecule has 0 unspecified atom stereocenters. The number of rotatable bonds is 7. The third-order valence-corrected chi connectivity index (χ3v) is 5.16. The van der Waals surface area contributed by atoms with Crippen molar-refractivity contribution in [3.63, 3.8) is 0 Å². The minimum absolute atomic E-state index is 0.0243. The quantitative estimate of drug-likeness (QED) is 0.325. The number of non-ortho nitro benzene ring substituents is 1. The van der Waals surface area contributed by atoms with Crippen molar-refractivity contribution in [3.8, 4) is 11.5 Å². The van der Waals surface area contributed by atoms with Gasteiger partial charge in [0, 0.05) is 24.7 Å². The minimum atomic E-state index is -0.470. The maximum Gasteiger partial charge on any atom is 0.277 e. The van der Waals surface area contributed by atoms with Crippen molar-refractivity contribution >= 4 is 23.4 Å². The molecule has 0 aliphatic heterocycles. The number of carbonyl (C=O) groups excluding carboxylic acids is 1. The van der Waals surface area contributed by atoms with E-state index in [9.17, 15) is 19.3 Å². The van der Waals surface area contributed by atoms with E-state index in [1.165, 1.54) is 41.3 Å². The van der Waals surface area contributed by atoms with Gasteiger partial charge in [-0.2, -0.15) is 0 Å². The summed E-state index contributed by atoms with van der Waals surface area (Å²) in [6.07, 6.45) is 0. The second-order valence-corrected chi connectivity index (χ2v) is 7.13. The molecule has 3 rings (SSSR count). The molecule has 1 amide bonds. The maximum absolute atomic E-state index is 13.0. The number of nitro groups is 1. The number of thioether (sulfide) groups is 1. The Labute approximate surface area is 169 Å². The van der Waals surface area contributed by atoms with Gasteiger partial charge in [0.2, 0.25) is 11.8 Å². The van der Waals surface area contributed by atoms with E-state index in [0.29, 0.717) is 11.1 Å². The van der Waals surface area contributed by atoms with Crippen LogP contribution in [-0.4, -0.2) is 38.7 Å². The van der Waals surface area contributed by atoms with Gasteiger partial charge in [-0.05, 0) is 36.8 Å². The highest BCUT2D eigenvalue weighted by atomic mass is 32.2. The molecule has 0 radical (unpaired) electrons. The van der Waals surface area contributed by atoms with Crippen LogP contribution in [0.2, 0.25) is 0 Å². The summed E-state index contributed by atoms with van der Waals surface area (Å²) < 4.78 is 18.5. The van der Waals surface area contributed by atoms with Crippen molar-refractivity contribution in [2.45, 2.75) is 18.2 Å². The number of hydrogen-bond acceptors (Lipinski definition) is 7. The molecule has 1 heterocycles. The predicted octanol–water partition coefficient (Wildman–Crippen LogP) is 4.10. The normalized spacial score (nSPS) is 11.8. The number of nitrogens with zero attached hydrogens (tertiary/aromatic N) is 4. The van der Waals surface area contributed by atoms with Gasteiger partial charge >= 0.3 is 0 Å². The topological polar surface area (TPSA) is 102 Å². The van der Waals surface area contributed by atoms with Crippen molar-refractivity contribution in [2.75, 3.05) is 12.8 Å². The third-order valence-electron chi connectivity index (χ3n) is 4.35. The van der Waals surface area contributed by atoms with E-state index < -0.39 is 4.92 Å². The zero-order valence-electron chi connectivity index (χ0n) is 15.6. The smallest absolute Gasteiger partial charge is 0.277 e. The summed E-state index contributed by atoms with van der Waals surface area (Å²) in [6, 6.07) is 11.5. The molecule has 10 heteroatoms. The Hall–Kier alpha value is -3.27. The SMILES string of the molecule is C[C@H](c1cccc([N+](=O)[O-])c1)N(C)C(=O)CSc1nnc(-c2ccc(F)cc2)o1. The van der Waals surface area contributed by atoms with Crippen LogP contribution in [0.1, 0.15) is 18.5 Å². The maximum atomic E-state index is 13.0. The second-order valence-electron chi connectivity index (χ2n) is 6.20. The molecule has 0 spiro atoms. The Morgan fingerprint density at radius 2 is 2.00 bits per heavy atom. The van der Waals surface area contributed by atoms with Gasteiger partial charge in [0.05, 0.1) is 16.7 Å². The summed E-state index contributed by atoms with van der Waals surface area (Å²) in [5.41, 5.74) is 1.22. The van der Waals surface area contributed by atoms with Crippen LogP contribution < -0.4 is 0 Å². The standard InChI is InChI=1S/C19H17FN4O4S/c1-12(14-4-3-5-16(10-14)24(26)27)23(2)17(25)11-29-19-22-21-18(28-19)13-6-8-15(20)9-7-13/h3-10,12H,11H2,1-2H3/t12-/m1/s1. The molecule has 0 saturated heterocycles. The van der Waals surface area contributed by atoms with E-state index in [2.05, 4.69) is 10.2 Å². The van der Waals surface area contributed by atoms with E-state index in [-0.39, 0.29) is 40.3 Å². The Morgan fingerprint density at radius 1 is 1.28 bits per heavy atom. The zero-order valence-corrected chi connectivity index (χ0v) is 16.4. The molecule has 29 heavy (non-hydrogen) atoms. The highest BCUT2D eigenvalue weighted by Gasteiger charge is 2.20. The number of hydrogen-bond donors (Lipinski definition) is 0. The molecule has 0 N–H and O–H groups in total. The van der Waals surface area contributed by atoms with Gasteiger partial charge in [-0.1, -0.05) is 23.9 Å². The van der Waals surface area contributed by atoms with E-state index in [1.54, 1.807) is 26.1 Å². The molecule has 3 aromatic rings. The second kappa shape index (κ2) is 8.82. The first-order valence-electron chi connectivity index (χ1n) is 8.57. The lowest BCUT2D eigenvalue weighted by Crippen LogP contribution is -2.31. The summed E-state index contributed by atoms with van der Waals surface area (Å²) in [7, 11) is 1.63. The van der Waals surface area contributed by atoms with Crippen molar-refractivity contribution < 1.29 is 18.5 Å². The largest absolute Gasteiger partial charge is 0.411 e. The van der Waals surface area contributed by atoms with E-state index in [4.69, 9.17) is 4.42 Å². The lowest BCUT2D eigenvalue weighted by molar-refractivity contribution is -0.384. The number of carbonyl (C=O) groups is 1. The molecule has 0 aliphatic rings. The molecule has 1 aromatic heterocycles. The lowest BCUT2D eigenvalue weighted by atomic mass is 10.1. The van der Waals surface area contributed by atoms with Crippen molar-refractivity contribution in [1.29, 1.82) is 0 Å². The molecule has 1 atom stereocenters. The highest BCUT2D eigenvalue weighted by Crippen LogP contribution is 2.26. The monoisotopic (exact) mass is 416 g/mol. The van der Waals surface area contributed by atoms with Gasteiger partial charge in [0.1, 0.15) is 5.82 Å². The Morgan fingerprint density at radius 3 is 2.69 bits per heavy atom. The fraction of sp³-hybridized carbons (Fsp3) is 0.211. The summed E-state index contributed by atoms with van der Waals surface area (Å²) in [6.45, 7) is 1.79. The predicted molar refractivity (Wildman–Crippen MR) is 105 cm³/mol. The van der Waals surface area contributed by atoms with E-state index in [0.717, 1.165) is 11.8 Å². The van der Waals surface area contributed by atoms with Crippen LogP contribution in [0.15, 0.2) is 58.2 Å². The van der Waals surface area contributed by atoms with Crippen LogP contribution in [-0.2, 0) is 4.79 Å². The average molecular weight is 416 g/mol. The van der Waals surface area contributed by atoms with E-state index >= 15 is 0 Å². The van der Waals surface area contributed by atoms with Crippen LogP contribution in [0, 0.1) is 15.9 Å². The van der Waals surface area contributed by atoms with Crippen molar-refractivity contribution in [2.24, 2.45) is 0 Å². The molecule has 2 aromatic carbocycles. The minimum Gasteiger partial charge on any atom is -0.411 e. The van der Waals surface area contributed by atoms with Crippen LogP contribution >= 0.6 is 11.8 Å². The summed E-state index contributed by atoms with van der Waals surface area (Å²) in [5.74, 6) is -0.274. The van der Waals surface area contributed by atoms with Crippen LogP contribution in [0.5, 0.6) is 0 Å². The number of halogens is 1. The fourth-order valence-corrected chi connectivity index (χ4v) is 3.23. The molecule has 150 valence electrons. The van der Waals surface area contributed by atoms with Gasteiger partial charge < -0.3 is 9.32 Å². The summed E-state index contributed by atoms with van der Waals surface area (Å²) in [5, 5.41) is 18.9. The number of amides is 1. The molecule has 8 nitrogen and oxygen atoms in total. The Balaban J connectivity index is 1.61. The number of aromatic nitrogens is 2. The molecule has 0 saturated carbocycles. The van der Waals surface area contributed by atoms with Gasteiger partial charge in [0.15, 0.2) is 0 Å². The Kier molecular flexibility index (Phi) is 6.23. The first-order chi connectivity index (χ1) is 13.8.